The van der Waals surface area contributed by atoms with E-state index >= 15 is 0 Å². The van der Waals surface area contributed by atoms with E-state index in [0.29, 0.717) is 38.5 Å². The number of carbonyl (C=O) groups excluding carboxylic acids is 4. The lowest BCUT2D eigenvalue weighted by Gasteiger charge is -2.30. The number of alkyl carbamates (subject to hydrolysis) is 2. The maximum Gasteiger partial charge on any atom is 0.407 e. The van der Waals surface area contributed by atoms with Crippen LogP contribution in [0.4, 0.5) is 9.59 Å². The van der Waals surface area contributed by atoms with Gasteiger partial charge in [-0.25, -0.2) is 19.6 Å². The average molecular weight is 839 g/mol. The van der Waals surface area contributed by atoms with Crippen molar-refractivity contribution in [1.82, 2.24) is 40.4 Å². The van der Waals surface area contributed by atoms with Gasteiger partial charge in [-0.1, -0.05) is 46.8 Å². The highest BCUT2D eigenvalue weighted by Crippen LogP contribution is 2.46. The minimum Gasteiger partial charge on any atom is -0.488 e. The molecule has 4 aromatic rings. The Morgan fingerprint density at radius 2 is 1.66 bits per heavy atom. The van der Waals surface area contributed by atoms with Gasteiger partial charge < -0.3 is 49.3 Å². The number of likely N-dealkylation sites (tertiary alicyclic amines) is 1. The zero-order valence-electron chi connectivity index (χ0n) is 36.3. The predicted molar refractivity (Wildman–Crippen MR) is 227 cm³/mol. The lowest BCUT2D eigenvalue weighted by Crippen LogP contribution is -2.51. The molecular formula is C45H58N8O8. The van der Waals surface area contributed by atoms with E-state index < -0.39 is 24.3 Å². The summed E-state index contributed by atoms with van der Waals surface area (Å²) in [5, 5.41) is 5.42. The van der Waals surface area contributed by atoms with E-state index in [1.165, 1.54) is 19.8 Å². The number of hydrogen-bond acceptors (Lipinski definition) is 10. The Morgan fingerprint density at radius 3 is 2.34 bits per heavy atom. The monoisotopic (exact) mass is 838 g/mol. The van der Waals surface area contributed by atoms with Gasteiger partial charge in [-0.05, 0) is 78.0 Å². The van der Waals surface area contributed by atoms with Gasteiger partial charge >= 0.3 is 12.2 Å². The van der Waals surface area contributed by atoms with Crippen LogP contribution in [0.15, 0.2) is 36.5 Å². The summed E-state index contributed by atoms with van der Waals surface area (Å²) in [5.41, 5.74) is 9.03. The van der Waals surface area contributed by atoms with Crippen LogP contribution >= 0.6 is 0 Å². The number of imidazole rings is 2. The molecule has 4 unspecified atom stereocenters. The molecule has 4 heterocycles. The molecule has 1 fully saturated rings. The first-order chi connectivity index (χ1) is 29.3. The van der Waals surface area contributed by atoms with Crippen LogP contribution in [0.5, 0.6) is 5.75 Å². The number of aryl methyl sites for hydroxylation is 2. The van der Waals surface area contributed by atoms with Crippen molar-refractivity contribution < 1.29 is 38.1 Å². The normalized spacial score (nSPS) is 17.4. The molecule has 3 aliphatic rings. The summed E-state index contributed by atoms with van der Waals surface area (Å²) in [4.78, 5) is 72.2. The van der Waals surface area contributed by atoms with E-state index in [-0.39, 0.29) is 42.2 Å². The van der Waals surface area contributed by atoms with Crippen LogP contribution in [-0.2, 0) is 49.8 Å². The second-order valence-electron chi connectivity index (χ2n) is 16.9. The van der Waals surface area contributed by atoms with E-state index in [4.69, 9.17) is 23.9 Å². The molecule has 0 bridgehead atoms. The standard InChI is InChI=1S/C45H58N8O8/c1-9-14-52(42(54)38(24(2)3)50-44(56)59-7)21-37-46-19-34(47-37)28-10-12-30-29(16-28)23-61-36-18-31-27(17-32(30)36)11-13-33-40(31)49-41(48-33)35-15-26(22-58-6)20-53(35)43(55)39(25(4)5)51-45(57)60-8/h10,12,16-19,24-26,35,38-39H,9,11,13-15,20-23H2,1-8H3,(H,46,47)(H,48,49)(H,50,56)(H,51,57). The maximum absolute atomic E-state index is 14.1. The van der Waals surface area contributed by atoms with E-state index in [0.717, 1.165) is 75.7 Å². The number of amides is 4. The van der Waals surface area contributed by atoms with Gasteiger partial charge in [0.25, 0.3) is 0 Å². The van der Waals surface area contributed by atoms with E-state index in [1.54, 1.807) is 18.2 Å². The number of nitrogens with one attached hydrogen (secondary N) is 4. The summed E-state index contributed by atoms with van der Waals surface area (Å²) < 4.78 is 21.6. The first kappa shape index (κ1) is 43.2. The lowest BCUT2D eigenvalue weighted by molar-refractivity contribution is -0.136. The van der Waals surface area contributed by atoms with Gasteiger partial charge in [-0.2, -0.15) is 0 Å². The molecule has 0 saturated carbocycles. The average Bonchev–Trinajstić information content (AvgIpc) is 4.02. The molecule has 326 valence electrons. The minimum absolute atomic E-state index is 0.114. The number of benzene rings is 2. The van der Waals surface area contributed by atoms with Gasteiger partial charge in [0.15, 0.2) is 0 Å². The molecule has 0 spiro atoms. The Morgan fingerprint density at radius 1 is 0.918 bits per heavy atom. The fraction of sp³-hybridized carbons (Fsp3) is 0.511. The molecule has 4 N–H and O–H groups in total. The third-order valence-corrected chi connectivity index (χ3v) is 11.9. The summed E-state index contributed by atoms with van der Waals surface area (Å²) in [7, 11) is 4.24. The fourth-order valence-corrected chi connectivity index (χ4v) is 8.80. The summed E-state index contributed by atoms with van der Waals surface area (Å²) in [6, 6.07) is 8.85. The summed E-state index contributed by atoms with van der Waals surface area (Å²) in [6.45, 7) is 11.7. The Labute approximate surface area is 356 Å². The van der Waals surface area contributed by atoms with Gasteiger partial charge in [-0.3, -0.25) is 9.59 Å². The van der Waals surface area contributed by atoms with Crippen LogP contribution in [0.2, 0.25) is 0 Å². The lowest BCUT2D eigenvalue weighted by atomic mass is 9.86. The maximum atomic E-state index is 14.1. The van der Waals surface area contributed by atoms with Crippen molar-refractivity contribution in [2.75, 3.05) is 41.0 Å². The van der Waals surface area contributed by atoms with Gasteiger partial charge in [0.2, 0.25) is 11.8 Å². The fourth-order valence-electron chi connectivity index (χ4n) is 8.80. The summed E-state index contributed by atoms with van der Waals surface area (Å²) >= 11 is 0. The van der Waals surface area contributed by atoms with Crippen LogP contribution in [0.3, 0.4) is 0 Å². The second-order valence-corrected chi connectivity index (χ2v) is 16.9. The van der Waals surface area contributed by atoms with Crippen LogP contribution in [0, 0.1) is 17.8 Å². The first-order valence-corrected chi connectivity index (χ1v) is 21.2. The van der Waals surface area contributed by atoms with Crippen LogP contribution in [0.25, 0.3) is 33.6 Å². The number of ether oxygens (including phenoxy) is 4. The molecule has 2 aliphatic heterocycles. The largest absolute Gasteiger partial charge is 0.488 e. The van der Waals surface area contributed by atoms with Crippen molar-refractivity contribution >= 4 is 24.0 Å². The first-order valence-electron chi connectivity index (χ1n) is 21.2. The highest BCUT2D eigenvalue weighted by atomic mass is 16.5. The van der Waals surface area contributed by atoms with E-state index in [2.05, 4.69) is 55.9 Å². The number of hydrogen-bond donors (Lipinski definition) is 4. The molecule has 1 aliphatic carbocycles. The van der Waals surface area contributed by atoms with Crippen molar-refractivity contribution in [1.29, 1.82) is 0 Å². The molecule has 4 atom stereocenters. The highest BCUT2D eigenvalue weighted by Gasteiger charge is 2.42. The molecule has 4 amide bonds. The van der Waals surface area contributed by atoms with Crippen molar-refractivity contribution in [3.8, 4) is 39.4 Å². The number of H-pyrrole nitrogens is 2. The quantitative estimate of drug-likeness (QED) is 0.114. The number of methoxy groups -OCH3 is 3. The number of carbonyl (C=O) groups is 4. The third-order valence-electron chi connectivity index (χ3n) is 11.9. The molecule has 2 aromatic heterocycles. The van der Waals surface area contributed by atoms with Gasteiger partial charge in [-0.15, -0.1) is 0 Å². The van der Waals surface area contributed by atoms with Crippen molar-refractivity contribution in [3.63, 3.8) is 0 Å². The summed E-state index contributed by atoms with van der Waals surface area (Å²) in [6.07, 6.45) is 3.50. The highest BCUT2D eigenvalue weighted by molar-refractivity contribution is 5.87. The topological polar surface area (TPSA) is 193 Å². The zero-order chi connectivity index (χ0) is 43.5. The second kappa shape index (κ2) is 18.4. The minimum atomic E-state index is -0.748. The molecule has 16 heteroatoms. The Bertz CT molecular complexity index is 2270. The number of aromatic amines is 2. The van der Waals surface area contributed by atoms with Gasteiger partial charge in [0.05, 0.1) is 51.0 Å². The molecule has 1 saturated heterocycles. The van der Waals surface area contributed by atoms with E-state index in [1.807, 2.05) is 39.5 Å². The molecule has 7 rings (SSSR count). The third kappa shape index (κ3) is 8.95. The Balaban J connectivity index is 1.11. The molecule has 16 nitrogen and oxygen atoms in total. The van der Waals surface area contributed by atoms with Gasteiger partial charge in [0, 0.05) is 42.9 Å². The molecular weight excluding hydrogens is 781 g/mol. The number of rotatable bonds is 14. The van der Waals surface area contributed by atoms with Crippen molar-refractivity contribution in [2.45, 2.75) is 91.6 Å². The zero-order valence-corrected chi connectivity index (χ0v) is 36.3. The number of fused-ring (bicyclic) bond motifs is 6. The van der Waals surface area contributed by atoms with Crippen LogP contribution in [-0.4, -0.2) is 107 Å². The molecule has 0 radical (unpaired) electrons. The van der Waals surface area contributed by atoms with Crippen LogP contribution in [0.1, 0.15) is 82.0 Å². The molecule has 61 heavy (non-hydrogen) atoms. The van der Waals surface area contributed by atoms with Crippen molar-refractivity contribution in [3.05, 3.63) is 65.0 Å². The van der Waals surface area contributed by atoms with E-state index in [9.17, 15) is 19.2 Å². The number of nitrogens with zero attached hydrogens (tertiary/aromatic N) is 4. The van der Waals surface area contributed by atoms with Gasteiger partial charge in [0.1, 0.15) is 36.1 Å². The Kier molecular flexibility index (Phi) is 13.0. The predicted octanol–water partition coefficient (Wildman–Crippen LogP) is 6.16. The Hall–Kier alpha value is -5.90. The van der Waals surface area contributed by atoms with Crippen molar-refractivity contribution in [2.24, 2.45) is 17.8 Å². The summed E-state index contributed by atoms with van der Waals surface area (Å²) in [5.74, 6) is 1.62. The SMILES string of the molecule is CCCN(Cc1ncc(-c2ccc3c(c2)COc2cc4c(cc2-3)CCc2[nH]c(C3CC(COC)CN3C(=O)C(NC(=O)OC)C(C)C)nc2-4)[nH]1)C(=O)C(NC(=O)OC)C(C)C. The van der Waals surface area contributed by atoms with Crippen LogP contribution < -0.4 is 15.4 Å². The number of aromatic nitrogens is 4. The smallest absolute Gasteiger partial charge is 0.407 e. The molecule has 2 aromatic carbocycles.